The number of hydrogen-bond acceptors (Lipinski definition) is 3. The van der Waals surface area contributed by atoms with Crippen molar-refractivity contribution in [2.24, 2.45) is 0 Å². The summed E-state index contributed by atoms with van der Waals surface area (Å²) in [6.07, 6.45) is 0. The number of rotatable bonds is 2. The molecule has 20 heavy (non-hydrogen) atoms. The van der Waals surface area contributed by atoms with Gasteiger partial charge in [0.2, 0.25) is 0 Å². The fraction of sp³-hybridized carbons (Fsp3) is 0.0625. The molecule has 100 valence electrons. The van der Waals surface area contributed by atoms with Crippen molar-refractivity contribution in [2.45, 2.75) is 6.92 Å². The van der Waals surface area contributed by atoms with E-state index in [1.807, 2.05) is 43.3 Å². The third-order valence-electron chi connectivity index (χ3n) is 3.05. The molecule has 0 bridgehead atoms. The van der Waals surface area contributed by atoms with Crippen molar-refractivity contribution in [1.29, 1.82) is 0 Å². The molecule has 2 aromatic carbocycles. The largest absolute Gasteiger partial charge is 0.507 e. The van der Waals surface area contributed by atoms with Crippen LogP contribution in [0.3, 0.4) is 0 Å². The van der Waals surface area contributed by atoms with Crippen LogP contribution in [0.4, 0.5) is 0 Å². The van der Waals surface area contributed by atoms with Crippen molar-refractivity contribution < 1.29 is 5.11 Å². The first kappa shape index (κ1) is 13.2. The minimum Gasteiger partial charge on any atom is -0.507 e. The Hall–Kier alpha value is -1.84. The molecule has 2 nitrogen and oxygen atoms in total. The smallest absolute Gasteiger partial charge is 0.128 e. The van der Waals surface area contributed by atoms with E-state index in [1.165, 1.54) is 0 Å². The maximum absolute atomic E-state index is 9.92. The topological polar surface area (TPSA) is 33.1 Å². The first-order valence-electron chi connectivity index (χ1n) is 6.17. The molecule has 4 heteroatoms. The summed E-state index contributed by atoms with van der Waals surface area (Å²) in [4.78, 5) is 5.77. The molecular weight excluding hydrogens is 290 g/mol. The third kappa shape index (κ3) is 2.42. The van der Waals surface area contributed by atoms with Gasteiger partial charge in [-0.2, -0.15) is 0 Å². The van der Waals surface area contributed by atoms with Crippen LogP contribution in [-0.2, 0) is 0 Å². The molecule has 0 unspecified atom stereocenters. The zero-order valence-electron chi connectivity index (χ0n) is 10.8. The van der Waals surface area contributed by atoms with Crippen molar-refractivity contribution >= 4 is 22.9 Å². The van der Waals surface area contributed by atoms with Gasteiger partial charge in [0.15, 0.2) is 0 Å². The van der Waals surface area contributed by atoms with E-state index in [-0.39, 0.29) is 5.75 Å². The highest BCUT2D eigenvalue weighted by molar-refractivity contribution is 7.15. The highest BCUT2D eigenvalue weighted by atomic mass is 35.5. The monoisotopic (exact) mass is 301 g/mol. The minimum absolute atomic E-state index is 0.254. The Balaban J connectivity index is 2.08. The van der Waals surface area contributed by atoms with Gasteiger partial charge >= 0.3 is 0 Å². The van der Waals surface area contributed by atoms with E-state index >= 15 is 0 Å². The fourth-order valence-electron chi connectivity index (χ4n) is 2.04. The molecule has 0 aliphatic heterocycles. The SMILES string of the molecule is Cc1sc(-c2ccccc2O)nc1-c1ccc(Cl)cc1. The Kier molecular flexibility index (Phi) is 3.47. The molecule has 1 aromatic heterocycles. The van der Waals surface area contributed by atoms with Crippen molar-refractivity contribution in [2.75, 3.05) is 0 Å². The Morgan fingerprint density at radius 2 is 1.75 bits per heavy atom. The normalized spacial score (nSPS) is 10.7. The second-order valence-corrected chi connectivity index (χ2v) is 6.09. The molecule has 0 saturated heterocycles. The predicted octanol–water partition coefficient (Wildman–Crippen LogP) is 5.14. The van der Waals surface area contributed by atoms with Gasteiger partial charge in [0, 0.05) is 15.5 Å². The number of phenols is 1. The number of benzene rings is 2. The van der Waals surface area contributed by atoms with Crippen molar-refractivity contribution in [3.05, 3.63) is 58.4 Å². The molecule has 0 atom stereocenters. The van der Waals surface area contributed by atoms with Crippen LogP contribution in [0.5, 0.6) is 5.75 Å². The third-order valence-corrected chi connectivity index (χ3v) is 4.30. The van der Waals surface area contributed by atoms with Crippen LogP contribution in [0.1, 0.15) is 4.88 Å². The molecule has 0 aliphatic rings. The minimum atomic E-state index is 0.254. The number of phenolic OH excluding ortho intramolecular Hbond substituents is 1. The Morgan fingerprint density at radius 3 is 2.45 bits per heavy atom. The lowest BCUT2D eigenvalue weighted by Gasteiger charge is -2.00. The Labute approximate surface area is 126 Å². The fourth-order valence-corrected chi connectivity index (χ4v) is 3.14. The number of nitrogens with zero attached hydrogens (tertiary/aromatic N) is 1. The van der Waals surface area contributed by atoms with Crippen molar-refractivity contribution in [3.8, 4) is 27.6 Å². The first-order valence-corrected chi connectivity index (χ1v) is 7.36. The van der Waals surface area contributed by atoms with E-state index in [9.17, 15) is 5.11 Å². The van der Waals surface area contributed by atoms with Gasteiger partial charge in [-0.05, 0) is 31.2 Å². The summed E-state index contributed by atoms with van der Waals surface area (Å²) >= 11 is 7.49. The number of hydrogen-bond donors (Lipinski definition) is 1. The van der Waals surface area contributed by atoms with E-state index in [1.54, 1.807) is 23.5 Å². The van der Waals surface area contributed by atoms with Crippen molar-refractivity contribution in [1.82, 2.24) is 4.98 Å². The molecule has 0 aliphatic carbocycles. The van der Waals surface area contributed by atoms with Gasteiger partial charge in [-0.25, -0.2) is 4.98 Å². The summed E-state index contributed by atoms with van der Waals surface area (Å²) in [6.45, 7) is 2.03. The number of para-hydroxylation sites is 1. The lowest BCUT2D eigenvalue weighted by molar-refractivity contribution is 0.477. The molecule has 3 aromatic rings. The van der Waals surface area contributed by atoms with E-state index < -0.39 is 0 Å². The average Bonchev–Trinajstić information content (AvgIpc) is 2.82. The number of aryl methyl sites for hydroxylation is 1. The zero-order chi connectivity index (χ0) is 14.1. The van der Waals surface area contributed by atoms with Crippen LogP contribution < -0.4 is 0 Å². The van der Waals surface area contributed by atoms with Crippen LogP contribution >= 0.6 is 22.9 Å². The molecule has 0 amide bonds. The maximum Gasteiger partial charge on any atom is 0.128 e. The maximum atomic E-state index is 9.92. The molecule has 1 heterocycles. The molecule has 0 spiro atoms. The van der Waals surface area contributed by atoms with E-state index in [2.05, 4.69) is 4.98 Å². The Morgan fingerprint density at radius 1 is 1.05 bits per heavy atom. The standard InChI is InChI=1S/C16H12ClNOS/c1-10-15(11-6-8-12(17)9-7-11)18-16(20-10)13-4-2-3-5-14(13)19/h2-9,19H,1H3. The van der Waals surface area contributed by atoms with Crippen molar-refractivity contribution in [3.63, 3.8) is 0 Å². The number of aromatic hydroxyl groups is 1. The molecule has 0 radical (unpaired) electrons. The summed E-state index contributed by atoms with van der Waals surface area (Å²) in [7, 11) is 0. The lowest BCUT2D eigenvalue weighted by atomic mass is 10.1. The van der Waals surface area contributed by atoms with Gasteiger partial charge in [-0.1, -0.05) is 35.9 Å². The van der Waals surface area contributed by atoms with Crippen LogP contribution in [0.25, 0.3) is 21.8 Å². The van der Waals surface area contributed by atoms with Crippen LogP contribution in [0, 0.1) is 6.92 Å². The highest BCUT2D eigenvalue weighted by Gasteiger charge is 2.13. The van der Waals surface area contributed by atoms with Gasteiger partial charge in [0.05, 0.1) is 11.3 Å². The van der Waals surface area contributed by atoms with Crippen LogP contribution in [0.15, 0.2) is 48.5 Å². The summed E-state index contributed by atoms with van der Waals surface area (Å²) < 4.78 is 0. The Bertz CT molecular complexity index is 749. The average molecular weight is 302 g/mol. The van der Waals surface area contributed by atoms with E-state index in [0.717, 1.165) is 26.7 Å². The second-order valence-electron chi connectivity index (χ2n) is 4.45. The first-order chi connectivity index (χ1) is 9.65. The molecule has 3 rings (SSSR count). The second kappa shape index (κ2) is 5.27. The molecule has 1 N–H and O–H groups in total. The summed E-state index contributed by atoms with van der Waals surface area (Å²) in [5, 5.41) is 11.5. The highest BCUT2D eigenvalue weighted by Crippen LogP contribution is 2.36. The van der Waals surface area contributed by atoms with Gasteiger partial charge in [0.25, 0.3) is 0 Å². The molecular formula is C16H12ClNOS. The lowest BCUT2D eigenvalue weighted by Crippen LogP contribution is -1.81. The summed E-state index contributed by atoms with van der Waals surface area (Å²) in [6, 6.07) is 14.9. The number of thiazole rings is 1. The van der Waals surface area contributed by atoms with Gasteiger partial charge < -0.3 is 5.11 Å². The van der Waals surface area contributed by atoms with Gasteiger partial charge in [0.1, 0.15) is 10.8 Å². The van der Waals surface area contributed by atoms with Crippen LogP contribution in [0.2, 0.25) is 5.02 Å². The molecule has 0 saturated carbocycles. The summed E-state index contributed by atoms with van der Waals surface area (Å²) in [5.74, 6) is 0.254. The number of aromatic nitrogens is 1. The zero-order valence-corrected chi connectivity index (χ0v) is 12.4. The van der Waals surface area contributed by atoms with E-state index in [0.29, 0.717) is 5.02 Å². The van der Waals surface area contributed by atoms with E-state index in [4.69, 9.17) is 11.6 Å². The molecule has 0 fully saturated rings. The van der Waals surface area contributed by atoms with Crippen LogP contribution in [-0.4, -0.2) is 10.1 Å². The van der Waals surface area contributed by atoms with Gasteiger partial charge in [-0.3, -0.25) is 0 Å². The quantitative estimate of drug-likeness (QED) is 0.710. The number of halogens is 1. The van der Waals surface area contributed by atoms with Gasteiger partial charge in [-0.15, -0.1) is 11.3 Å². The summed E-state index contributed by atoms with van der Waals surface area (Å²) in [5.41, 5.74) is 2.73. The predicted molar refractivity (Wildman–Crippen MR) is 84.4 cm³/mol.